The lowest BCUT2D eigenvalue weighted by atomic mass is 10.1. The predicted octanol–water partition coefficient (Wildman–Crippen LogP) is 1.39. The zero-order chi connectivity index (χ0) is 15.7. The molecule has 1 aromatic rings. The maximum absolute atomic E-state index is 12.8. The van der Waals surface area contributed by atoms with Gasteiger partial charge in [0, 0.05) is 0 Å². The lowest BCUT2D eigenvalue weighted by molar-refractivity contribution is -0.914. The molecule has 4 nitrogen and oxygen atoms in total. The zero-order valence-corrected chi connectivity index (χ0v) is 13.5. The van der Waals surface area contributed by atoms with Crippen molar-refractivity contribution in [3.63, 3.8) is 0 Å². The number of rotatable bonds is 2. The first-order valence-electron chi connectivity index (χ1n) is 8.36. The predicted molar refractivity (Wildman–Crippen MR) is 86.0 cm³/mol. The van der Waals surface area contributed by atoms with Crippen LogP contribution < -0.4 is 9.80 Å². The third-order valence-corrected chi connectivity index (χ3v) is 4.98. The van der Waals surface area contributed by atoms with Gasteiger partial charge in [0.25, 0.3) is 5.91 Å². The molecule has 1 N–H and O–H groups in total. The Balaban J connectivity index is 1.84. The van der Waals surface area contributed by atoms with Crippen molar-refractivity contribution in [2.24, 2.45) is 0 Å². The number of benzene rings is 1. The van der Waals surface area contributed by atoms with E-state index in [0.717, 1.165) is 42.7 Å². The molecule has 3 rings (SSSR count). The fourth-order valence-corrected chi connectivity index (χ4v) is 3.79. The number of amides is 2. The summed E-state index contributed by atoms with van der Waals surface area (Å²) in [5.74, 6) is -0.0486. The van der Waals surface area contributed by atoms with Gasteiger partial charge in [0.15, 0.2) is 6.04 Å². The lowest BCUT2D eigenvalue weighted by Gasteiger charge is -2.23. The van der Waals surface area contributed by atoms with Crippen LogP contribution in [0.15, 0.2) is 18.2 Å². The van der Waals surface area contributed by atoms with E-state index in [9.17, 15) is 9.59 Å². The molecule has 0 bridgehead atoms. The molecule has 1 aromatic carbocycles. The average Bonchev–Trinajstić information content (AvgIpc) is 2.69. The van der Waals surface area contributed by atoms with Crippen molar-refractivity contribution >= 4 is 17.5 Å². The van der Waals surface area contributed by atoms with E-state index in [1.165, 1.54) is 22.6 Å². The number of imide groups is 1. The SMILES string of the molecule is Cc1ccc(N2C(=O)C[C@H]([NH+]3CCCCCC3)C2=O)c(C)c1. The minimum Gasteiger partial charge on any atom is -0.324 e. The van der Waals surface area contributed by atoms with Crippen LogP contribution in [0.3, 0.4) is 0 Å². The van der Waals surface area contributed by atoms with Crippen molar-refractivity contribution in [2.75, 3.05) is 18.0 Å². The fraction of sp³-hybridized carbons (Fsp3) is 0.556. The topological polar surface area (TPSA) is 41.8 Å². The van der Waals surface area contributed by atoms with Crippen molar-refractivity contribution < 1.29 is 14.5 Å². The van der Waals surface area contributed by atoms with Crippen molar-refractivity contribution in [3.05, 3.63) is 29.3 Å². The van der Waals surface area contributed by atoms with Crippen LogP contribution in [0.5, 0.6) is 0 Å². The summed E-state index contributed by atoms with van der Waals surface area (Å²) in [5, 5.41) is 0. The maximum atomic E-state index is 12.8. The summed E-state index contributed by atoms with van der Waals surface area (Å²) in [6, 6.07) is 5.73. The van der Waals surface area contributed by atoms with Gasteiger partial charge in [-0.1, -0.05) is 17.7 Å². The first-order valence-corrected chi connectivity index (χ1v) is 8.36. The number of carbonyl (C=O) groups excluding carboxylic acids is 2. The van der Waals surface area contributed by atoms with E-state index in [4.69, 9.17) is 0 Å². The van der Waals surface area contributed by atoms with Gasteiger partial charge in [0.2, 0.25) is 5.91 Å². The number of likely N-dealkylation sites (tertiary alicyclic amines) is 1. The Labute approximate surface area is 132 Å². The normalized spacial score (nSPS) is 23.9. The molecule has 2 fully saturated rings. The molecule has 4 heteroatoms. The summed E-state index contributed by atoms with van der Waals surface area (Å²) in [6.45, 7) is 6.03. The second-order valence-electron chi connectivity index (χ2n) is 6.69. The van der Waals surface area contributed by atoms with Gasteiger partial charge >= 0.3 is 0 Å². The Hall–Kier alpha value is -1.68. The molecule has 2 amide bonds. The number of quaternary nitrogens is 1. The van der Waals surface area contributed by atoms with E-state index < -0.39 is 0 Å². The van der Waals surface area contributed by atoms with Gasteiger partial charge in [-0.15, -0.1) is 0 Å². The Morgan fingerprint density at radius 3 is 2.36 bits per heavy atom. The van der Waals surface area contributed by atoms with Gasteiger partial charge in [-0.25, -0.2) is 4.90 Å². The molecule has 0 unspecified atom stereocenters. The summed E-state index contributed by atoms with van der Waals surface area (Å²) in [7, 11) is 0. The van der Waals surface area contributed by atoms with Gasteiger partial charge in [0.1, 0.15) is 0 Å². The van der Waals surface area contributed by atoms with Gasteiger partial charge in [-0.2, -0.15) is 0 Å². The van der Waals surface area contributed by atoms with Crippen LogP contribution in [-0.2, 0) is 9.59 Å². The number of hydrogen-bond acceptors (Lipinski definition) is 2. The Kier molecular flexibility index (Phi) is 4.30. The highest BCUT2D eigenvalue weighted by Gasteiger charge is 2.45. The Morgan fingerprint density at radius 2 is 1.73 bits per heavy atom. The van der Waals surface area contributed by atoms with Crippen molar-refractivity contribution in [3.8, 4) is 0 Å². The molecule has 2 saturated heterocycles. The molecule has 2 heterocycles. The van der Waals surface area contributed by atoms with Crippen LogP contribution in [0.1, 0.15) is 43.2 Å². The number of nitrogens with one attached hydrogen (secondary N) is 1. The lowest BCUT2D eigenvalue weighted by Crippen LogP contribution is -3.16. The van der Waals surface area contributed by atoms with Gasteiger partial charge in [-0.3, -0.25) is 9.59 Å². The molecule has 0 spiro atoms. The third kappa shape index (κ3) is 2.80. The largest absolute Gasteiger partial charge is 0.324 e. The van der Waals surface area contributed by atoms with Crippen molar-refractivity contribution in [1.82, 2.24) is 0 Å². The van der Waals surface area contributed by atoms with E-state index in [-0.39, 0.29) is 17.9 Å². The molecule has 2 aliphatic heterocycles. The highest BCUT2D eigenvalue weighted by atomic mass is 16.2. The van der Waals surface area contributed by atoms with E-state index >= 15 is 0 Å². The van der Waals surface area contributed by atoms with E-state index in [2.05, 4.69) is 0 Å². The van der Waals surface area contributed by atoms with Crippen molar-refractivity contribution in [1.29, 1.82) is 0 Å². The minimum absolute atomic E-state index is 0.00569. The van der Waals surface area contributed by atoms with Crippen LogP contribution in [0, 0.1) is 13.8 Å². The standard InChI is InChI=1S/C18H24N2O2/c1-13-7-8-15(14(2)11-13)20-17(21)12-16(18(20)22)19-9-5-3-4-6-10-19/h7-8,11,16H,3-6,9-10,12H2,1-2H3/p+1/t16-/m0/s1. The highest BCUT2D eigenvalue weighted by Crippen LogP contribution is 2.26. The molecule has 0 aliphatic carbocycles. The second kappa shape index (κ2) is 6.21. The summed E-state index contributed by atoms with van der Waals surface area (Å²) in [6.07, 6.45) is 5.19. The molecule has 0 saturated carbocycles. The third-order valence-electron chi connectivity index (χ3n) is 4.98. The monoisotopic (exact) mass is 301 g/mol. The number of hydrogen-bond donors (Lipinski definition) is 1. The number of aryl methyl sites for hydroxylation is 2. The molecule has 22 heavy (non-hydrogen) atoms. The van der Waals surface area contributed by atoms with Crippen LogP contribution in [0.4, 0.5) is 5.69 Å². The number of anilines is 1. The molecule has 1 atom stereocenters. The Bertz CT molecular complexity index is 589. The maximum Gasteiger partial charge on any atom is 0.292 e. The number of nitrogens with zero attached hydrogens (tertiary/aromatic N) is 1. The zero-order valence-electron chi connectivity index (χ0n) is 13.5. The fourth-order valence-electron chi connectivity index (χ4n) is 3.79. The van der Waals surface area contributed by atoms with Crippen LogP contribution in [0.25, 0.3) is 0 Å². The van der Waals surface area contributed by atoms with E-state index in [0.29, 0.717) is 6.42 Å². The summed E-state index contributed by atoms with van der Waals surface area (Å²) in [5.41, 5.74) is 2.90. The van der Waals surface area contributed by atoms with Crippen molar-refractivity contribution in [2.45, 2.75) is 52.0 Å². The smallest absolute Gasteiger partial charge is 0.292 e. The first kappa shape index (κ1) is 15.2. The second-order valence-corrected chi connectivity index (χ2v) is 6.69. The number of carbonyl (C=O) groups is 2. The first-order chi connectivity index (χ1) is 10.6. The van der Waals surface area contributed by atoms with Crippen LogP contribution >= 0.6 is 0 Å². The molecule has 0 aromatic heterocycles. The van der Waals surface area contributed by atoms with Gasteiger partial charge in [-0.05, 0) is 51.2 Å². The highest BCUT2D eigenvalue weighted by molar-refractivity contribution is 6.22. The minimum atomic E-state index is -0.175. The molecular weight excluding hydrogens is 276 g/mol. The van der Waals surface area contributed by atoms with Gasteiger partial charge < -0.3 is 4.90 Å². The van der Waals surface area contributed by atoms with E-state index in [1.54, 1.807) is 0 Å². The molecule has 2 aliphatic rings. The summed E-state index contributed by atoms with van der Waals surface area (Å²) >= 11 is 0. The average molecular weight is 301 g/mol. The molecular formula is C18H25N2O2+. The summed E-state index contributed by atoms with van der Waals surface area (Å²) in [4.78, 5) is 28.0. The van der Waals surface area contributed by atoms with E-state index in [1.807, 2.05) is 32.0 Å². The summed E-state index contributed by atoms with van der Waals surface area (Å²) < 4.78 is 0. The van der Waals surface area contributed by atoms with Crippen LogP contribution in [0.2, 0.25) is 0 Å². The quantitative estimate of drug-likeness (QED) is 0.839. The molecule has 0 radical (unpaired) electrons. The van der Waals surface area contributed by atoms with Gasteiger partial charge in [0.05, 0.1) is 25.2 Å². The molecule has 118 valence electrons. The van der Waals surface area contributed by atoms with Crippen LogP contribution in [-0.4, -0.2) is 30.9 Å². The Morgan fingerprint density at radius 1 is 1.05 bits per heavy atom.